The Balaban J connectivity index is 1.46. The Bertz CT molecular complexity index is 517. The van der Waals surface area contributed by atoms with Gasteiger partial charge in [0.1, 0.15) is 0 Å². The molecule has 1 heterocycles. The van der Waals surface area contributed by atoms with Gasteiger partial charge < -0.3 is 9.63 Å². The van der Waals surface area contributed by atoms with Gasteiger partial charge in [-0.05, 0) is 75.5 Å². The summed E-state index contributed by atoms with van der Waals surface area (Å²) >= 11 is 0. The number of rotatable bonds is 2. The van der Waals surface area contributed by atoms with E-state index < -0.39 is 0 Å². The summed E-state index contributed by atoms with van der Waals surface area (Å²) in [5.41, 5.74) is 0.208. The van der Waals surface area contributed by atoms with Gasteiger partial charge in [0.25, 0.3) is 0 Å². The lowest BCUT2D eigenvalue weighted by molar-refractivity contribution is -0.0103. The fraction of sp³-hybridized carbons (Fsp3) is 0.882. The van der Waals surface area contributed by atoms with Gasteiger partial charge in [0, 0.05) is 5.41 Å². The van der Waals surface area contributed by atoms with Crippen molar-refractivity contribution in [1.29, 1.82) is 0 Å². The summed E-state index contributed by atoms with van der Waals surface area (Å²) in [6, 6.07) is 0. The maximum Gasteiger partial charge on any atom is 0.232 e. The van der Waals surface area contributed by atoms with Crippen LogP contribution >= 0.6 is 0 Å². The standard InChI is InChI=1S/C17H24N2O2/c20-14-3-1-2-13(14)15-18-16(19-21-15)17-7-10-4-11(8-17)6-12(5-10)9-17/h10-14,20H,1-9H2. The van der Waals surface area contributed by atoms with Crippen LogP contribution in [0.1, 0.15) is 75.4 Å². The van der Waals surface area contributed by atoms with Gasteiger partial charge in [-0.3, -0.25) is 0 Å². The molecular weight excluding hydrogens is 264 g/mol. The first-order valence-electron chi connectivity index (χ1n) is 8.74. The van der Waals surface area contributed by atoms with Crippen LogP contribution in [0.5, 0.6) is 0 Å². The van der Waals surface area contributed by atoms with Crippen molar-refractivity contribution in [2.75, 3.05) is 0 Å². The zero-order valence-electron chi connectivity index (χ0n) is 12.5. The molecule has 4 heteroatoms. The summed E-state index contributed by atoms with van der Waals surface area (Å²) in [6.45, 7) is 0. The second kappa shape index (κ2) is 4.31. The van der Waals surface area contributed by atoms with Crippen LogP contribution in [0.15, 0.2) is 4.52 Å². The van der Waals surface area contributed by atoms with Gasteiger partial charge in [0.15, 0.2) is 5.82 Å². The Kier molecular flexibility index (Phi) is 2.59. The molecule has 5 fully saturated rings. The third kappa shape index (κ3) is 1.84. The van der Waals surface area contributed by atoms with E-state index in [4.69, 9.17) is 9.51 Å². The molecule has 5 aliphatic rings. The van der Waals surface area contributed by atoms with Gasteiger partial charge >= 0.3 is 0 Å². The van der Waals surface area contributed by atoms with Crippen molar-refractivity contribution in [3.8, 4) is 0 Å². The molecule has 2 atom stereocenters. The Morgan fingerprint density at radius 3 is 2.24 bits per heavy atom. The zero-order chi connectivity index (χ0) is 14.0. The van der Waals surface area contributed by atoms with Crippen molar-refractivity contribution in [3.05, 3.63) is 11.7 Å². The number of nitrogens with zero attached hydrogens (tertiary/aromatic N) is 2. The molecule has 114 valence electrons. The first kappa shape index (κ1) is 12.6. The van der Waals surface area contributed by atoms with Crippen molar-refractivity contribution >= 4 is 0 Å². The van der Waals surface area contributed by atoms with Gasteiger partial charge in [-0.1, -0.05) is 5.16 Å². The molecule has 0 radical (unpaired) electrons. The maximum atomic E-state index is 10.1. The maximum absolute atomic E-state index is 10.1. The minimum absolute atomic E-state index is 0.0835. The Hall–Kier alpha value is -0.900. The summed E-state index contributed by atoms with van der Waals surface area (Å²) < 4.78 is 5.59. The second-order valence-electron chi connectivity index (χ2n) is 8.26. The van der Waals surface area contributed by atoms with Crippen LogP contribution in [0, 0.1) is 17.8 Å². The van der Waals surface area contributed by atoms with E-state index in [-0.39, 0.29) is 17.4 Å². The van der Waals surface area contributed by atoms with Crippen LogP contribution in [0.2, 0.25) is 0 Å². The quantitative estimate of drug-likeness (QED) is 0.908. The highest BCUT2D eigenvalue weighted by Gasteiger charge is 2.54. The molecule has 4 bridgehead atoms. The summed E-state index contributed by atoms with van der Waals surface area (Å²) in [4.78, 5) is 4.79. The molecule has 1 aromatic rings. The Morgan fingerprint density at radius 2 is 1.67 bits per heavy atom. The van der Waals surface area contributed by atoms with Gasteiger partial charge in [0.2, 0.25) is 5.89 Å². The molecular formula is C17H24N2O2. The molecule has 6 rings (SSSR count). The van der Waals surface area contributed by atoms with Crippen molar-refractivity contribution in [1.82, 2.24) is 10.1 Å². The van der Waals surface area contributed by atoms with Crippen LogP contribution in [-0.4, -0.2) is 21.4 Å². The van der Waals surface area contributed by atoms with Crippen molar-refractivity contribution in [2.24, 2.45) is 17.8 Å². The summed E-state index contributed by atoms with van der Waals surface area (Å²) in [5, 5.41) is 14.4. The van der Waals surface area contributed by atoms with Crippen molar-refractivity contribution < 1.29 is 9.63 Å². The van der Waals surface area contributed by atoms with Crippen molar-refractivity contribution in [2.45, 2.75) is 75.2 Å². The lowest BCUT2D eigenvalue weighted by Gasteiger charge is -2.55. The number of aromatic nitrogens is 2. The first-order valence-corrected chi connectivity index (χ1v) is 8.74. The lowest BCUT2D eigenvalue weighted by Crippen LogP contribution is -2.49. The minimum atomic E-state index is -0.283. The third-order valence-corrected chi connectivity index (χ3v) is 6.75. The highest BCUT2D eigenvalue weighted by Crippen LogP contribution is 2.60. The van der Waals surface area contributed by atoms with Gasteiger partial charge in [0.05, 0.1) is 12.0 Å². The largest absolute Gasteiger partial charge is 0.392 e. The average Bonchev–Trinajstić information content (AvgIpc) is 3.05. The van der Waals surface area contributed by atoms with Gasteiger partial charge in [-0.2, -0.15) is 4.98 Å². The summed E-state index contributed by atoms with van der Waals surface area (Å²) in [6.07, 6.45) is 10.8. The number of aliphatic hydroxyl groups excluding tert-OH is 1. The van der Waals surface area contributed by atoms with Crippen LogP contribution in [0.4, 0.5) is 0 Å². The molecule has 0 saturated heterocycles. The molecule has 0 spiro atoms. The Morgan fingerprint density at radius 1 is 1.00 bits per heavy atom. The predicted octanol–water partition coefficient (Wildman–Crippen LogP) is 3.17. The molecule has 0 aliphatic heterocycles. The third-order valence-electron chi connectivity index (χ3n) is 6.75. The molecule has 1 N–H and O–H groups in total. The van der Waals surface area contributed by atoms with Gasteiger partial charge in [-0.15, -0.1) is 0 Å². The minimum Gasteiger partial charge on any atom is -0.392 e. The SMILES string of the molecule is OC1CCCC1c1nc(C23CC4CC(CC(C4)C2)C3)no1. The molecule has 5 aliphatic carbocycles. The first-order chi connectivity index (χ1) is 10.2. The van der Waals surface area contributed by atoms with E-state index >= 15 is 0 Å². The van der Waals surface area contributed by atoms with E-state index in [1.54, 1.807) is 0 Å². The molecule has 0 amide bonds. The highest BCUT2D eigenvalue weighted by molar-refractivity contribution is 5.17. The number of aliphatic hydroxyl groups is 1. The van der Waals surface area contributed by atoms with E-state index in [9.17, 15) is 5.11 Å². The van der Waals surface area contributed by atoms with E-state index in [0.717, 1.165) is 42.8 Å². The molecule has 21 heavy (non-hydrogen) atoms. The summed E-state index contributed by atoms with van der Waals surface area (Å²) in [5.74, 6) is 4.45. The molecule has 4 nitrogen and oxygen atoms in total. The van der Waals surface area contributed by atoms with E-state index in [1.165, 1.54) is 38.5 Å². The van der Waals surface area contributed by atoms with E-state index in [0.29, 0.717) is 5.89 Å². The van der Waals surface area contributed by atoms with E-state index in [2.05, 4.69) is 5.16 Å². The highest BCUT2D eigenvalue weighted by atomic mass is 16.5. The van der Waals surface area contributed by atoms with Crippen molar-refractivity contribution in [3.63, 3.8) is 0 Å². The smallest absolute Gasteiger partial charge is 0.232 e. The second-order valence-corrected chi connectivity index (χ2v) is 8.26. The Labute approximate surface area is 125 Å². The number of hydrogen-bond donors (Lipinski definition) is 1. The molecule has 2 unspecified atom stereocenters. The normalized spacial score (nSPS) is 48.1. The number of hydrogen-bond acceptors (Lipinski definition) is 4. The fourth-order valence-electron chi connectivity index (χ4n) is 6.21. The molecule has 0 aromatic carbocycles. The topological polar surface area (TPSA) is 59.2 Å². The van der Waals surface area contributed by atoms with Crippen LogP contribution < -0.4 is 0 Å². The van der Waals surface area contributed by atoms with E-state index in [1.807, 2.05) is 0 Å². The zero-order valence-corrected chi connectivity index (χ0v) is 12.5. The van der Waals surface area contributed by atoms with Crippen LogP contribution in [0.25, 0.3) is 0 Å². The lowest BCUT2D eigenvalue weighted by atomic mass is 9.49. The monoisotopic (exact) mass is 288 g/mol. The van der Waals surface area contributed by atoms with Crippen LogP contribution in [-0.2, 0) is 5.41 Å². The van der Waals surface area contributed by atoms with Crippen LogP contribution in [0.3, 0.4) is 0 Å². The fourth-order valence-corrected chi connectivity index (χ4v) is 6.21. The average molecular weight is 288 g/mol. The van der Waals surface area contributed by atoms with Gasteiger partial charge in [-0.25, -0.2) is 0 Å². The molecule has 1 aromatic heterocycles. The molecule has 5 saturated carbocycles. The summed E-state index contributed by atoms with van der Waals surface area (Å²) in [7, 11) is 0. The predicted molar refractivity (Wildman–Crippen MR) is 76.7 cm³/mol.